The summed E-state index contributed by atoms with van der Waals surface area (Å²) in [5.74, 6) is 0.533. The normalized spacial score (nSPS) is 21.7. The molecule has 0 N–H and O–H groups in total. The highest BCUT2D eigenvalue weighted by Gasteiger charge is 2.66. The van der Waals surface area contributed by atoms with Gasteiger partial charge in [-0.25, -0.2) is 0 Å². The van der Waals surface area contributed by atoms with Gasteiger partial charge >= 0.3 is 0 Å². The second-order valence-electron chi connectivity index (χ2n) is 6.71. The number of rotatable bonds is 2. The largest absolute Gasteiger partial charge is 0.547 e. The zero-order valence-corrected chi connectivity index (χ0v) is 14.0. The van der Waals surface area contributed by atoms with Crippen LogP contribution in [0.15, 0.2) is 11.8 Å². The van der Waals surface area contributed by atoms with Crippen molar-refractivity contribution in [2.45, 2.75) is 39.9 Å². The standard InChI is InChI=1S/C15H18N4OSi/c1-13(2)12(20-21(3,4)5)6-7-14(8-16,9-17)15(13,10-18)11-19/h6H,7H2,1-5H3. The maximum Gasteiger partial charge on any atom is 0.241 e. The fourth-order valence-corrected chi connectivity index (χ4v) is 3.65. The third-order valence-electron chi connectivity index (χ3n) is 3.92. The van der Waals surface area contributed by atoms with Gasteiger partial charge in [-0.1, -0.05) is 13.8 Å². The van der Waals surface area contributed by atoms with Crippen molar-refractivity contribution in [2.75, 3.05) is 0 Å². The van der Waals surface area contributed by atoms with Crippen molar-refractivity contribution in [1.82, 2.24) is 0 Å². The van der Waals surface area contributed by atoms with Gasteiger partial charge in [-0.3, -0.25) is 0 Å². The summed E-state index contributed by atoms with van der Waals surface area (Å²) < 4.78 is 6.01. The van der Waals surface area contributed by atoms with E-state index < -0.39 is 24.6 Å². The maximum atomic E-state index is 9.64. The molecule has 0 saturated carbocycles. The molecule has 1 rings (SSSR count). The Labute approximate surface area is 126 Å². The molecule has 0 atom stereocenters. The third kappa shape index (κ3) is 2.19. The smallest absolute Gasteiger partial charge is 0.241 e. The van der Waals surface area contributed by atoms with E-state index in [1.165, 1.54) is 0 Å². The second kappa shape index (κ2) is 4.92. The summed E-state index contributed by atoms with van der Waals surface area (Å²) >= 11 is 0. The van der Waals surface area contributed by atoms with Crippen molar-refractivity contribution in [3.05, 3.63) is 11.8 Å². The Morgan fingerprint density at radius 3 is 1.81 bits per heavy atom. The average molecular weight is 298 g/mol. The first kappa shape index (κ1) is 16.8. The molecule has 6 heteroatoms. The van der Waals surface area contributed by atoms with Gasteiger partial charge in [0.15, 0.2) is 10.8 Å². The van der Waals surface area contributed by atoms with Gasteiger partial charge in [0.25, 0.3) is 0 Å². The van der Waals surface area contributed by atoms with E-state index in [0.717, 1.165) is 0 Å². The van der Waals surface area contributed by atoms with Gasteiger partial charge in [0, 0.05) is 6.42 Å². The van der Waals surface area contributed by atoms with E-state index >= 15 is 0 Å². The molecule has 0 aromatic rings. The van der Waals surface area contributed by atoms with Crippen LogP contribution in [0.5, 0.6) is 0 Å². The first-order valence-corrected chi connectivity index (χ1v) is 10.0. The van der Waals surface area contributed by atoms with Crippen LogP contribution in [0, 0.1) is 61.6 Å². The van der Waals surface area contributed by atoms with Crippen LogP contribution in [0.4, 0.5) is 0 Å². The molecule has 0 aromatic carbocycles. The molecule has 1 aliphatic rings. The number of nitrogens with zero attached hydrogens (tertiary/aromatic N) is 4. The summed E-state index contributed by atoms with van der Waals surface area (Å²) in [6.45, 7) is 9.38. The molecule has 0 amide bonds. The summed E-state index contributed by atoms with van der Waals surface area (Å²) in [6, 6.07) is 7.72. The van der Waals surface area contributed by atoms with E-state index in [1.807, 2.05) is 43.9 Å². The maximum absolute atomic E-state index is 9.64. The Balaban J connectivity index is 3.64. The lowest BCUT2D eigenvalue weighted by Crippen LogP contribution is -2.53. The van der Waals surface area contributed by atoms with Crippen molar-refractivity contribution in [1.29, 1.82) is 21.0 Å². The monoisotopic (exact) mass is 298 g/mol. The van der Waals surface area contributed by atoms with Crippen LogP contribution in [0.25, 0.3) is 0 Å². The fourth-order valence-electron chi connectivity index (χ4n) is 2.65. The molecule has 5 nitrogen and oxygen atoms in total. The van der Waals surface area contributed by atoms with Crippen LogP contribution < -0.4 is 0 Å². The first-order valence-electron chi connectivity index (χ1n) is 6.60. The Morgan fingerprint density at radius 2 is 1.48 bits per heavy atom. The molecule has 0 saturated heterocycles. The summed E-state index contributed by atoms with van der Waals surface area (Å²) in [6.07, 6.45) is 1.71. The highest BCUT2D eigenvalue weighted by atomic mass is 28.4. The average Bonchev–Trinajstić information content (AvgIpc) is 2.40. The summed E-state index contributed by atoms with van der Waals surface area (Å²) in [5, 5.41) is 38.2. The second-order valence-corrected chi connectivity index (χ2v) is 11.1. The Kier molecular flexibility index (Phi) is 3.93. The molecular formula is C15H18N4OSi. The van der Waals surface area contributed by atoms with Gasteiger partial charge < -0.3 is 4.43 Å². The van der Waals surface area contributed by atoms with E-state index in [9.17, 15) is 21.0 Å². The molecule has 1 aliphatic carbocycles. The molecule has 0 bridgehead atoms. The van der Waals surface area contributed by atoms with Gasteiger partial charge in [-0.15, -0.1) is 0 Å². The minimum Gasteiger partial charge on any atom is -0.547 e. The van der Waals surface area contributed by atoms with Crippen LogP contribution in [0.2, 0.25) is 19.6 Å². The molecule has 0 radical (unpaired) electrons. The van der Waals surface area contributed by atoms with Crippen molar-refractivity contribution in [2.24, 2.45) is 16.2 Å². The lowest BCUT2D eigenvalue weighted by Gasteiger charge is -2.48. The number of hydrogen-bond donors (Lipinski definition) is 0. The Bertz CT molecular complexity index is 616. The van der Waals surface area contributed by atoms with Crippen molar-refractivity contribution < 1.29 is 4.43 Å². The van der Waals surface area contributed by atoms with Crippen LogP contribution in [-0.2, 0) is 4.43 Å². The molecule has 0 heterocycles. The number of nitriles is 4. The predicted octanol–water partition coefficient (Wildman–Crippen LogP) is 3.22. The minimum absolute atomic E-state index is 0.0182. The first-order chi connectivity index (χ1) is 9.55. The highest BCUT2D eigenvalue weighted by molar-refractivity contribution is 6.70. The lowest BCUT2D eigenvalue weighted by molar-refractivity contribution is 0.0800. The molecule has 108 valence electrons. The van der Waals surface area contributed by atoms with Gasteiger partial charge in [0.1, 0.15) is 0 Å². The predicted molar refractivity (Wildman–Crippen MR) is 78.2 cm³/mol. The van der Waals surface area contributed by atoms with Crippen LogP contribution >= 0.6 is 0 Å². The number of hydrogen-bond acceptors (Lipinski definition) is 5. The Morgan fingerprint density at radius 1 is 1.00 bits per heavy atom. The van der Waals surface area contributed by atoms with E-state index in [2.05, 4.69) is 0 Å². The molecule has 0 aliphatic heterocycles. The van der Waals surface area contributed by atoms with Crippen molar-refractivity contribution >= 4 is 8.32 Å². The van der Waals surface area contributed by atoms with Gasteiger partial charge in [0.2, 0.25) is 8.32 Å². The van der Waals surface area contributed by atoms with Crippen LogP contribution in [0.1, 0.15) is 20.3 Å². The zero-order valence-electron chi connectivity index (χ0n) is 13.0. The SMILES string of the molecule is CC1(C)C(O[Si](C)(C)C)=CCC(C#N)(C#N)C1(C#N)C#N. The van der Waals surface area contributed by atoms with E-state index in [0.29, 0.717) is 5.76 Å². The Hall–Kier alpha value is -2.28. The molecule has 21 heavy (non-hydrogen) atoms. The van der Waals surface area contributed by atoms with Crippen molar-refractivity contribution in [3.63, 3.8) is 0 Å². The fraction of sp³-hybridized carbons (Fsp3) is 0.600. The summed E-state index contributed by atoms with van der Waals surface area (Å²) in [5.41, 5.74) is -4.50. The van der Waals surface area contributed by atoms with Crippen LogP contribution in [-0.4, -0.2) is 8.32 Å². The molecule has 0 spiro atoms. The highest BCUT2D eigenvalue weighted by Crippen LogP contribution is 2.59. The lowest BCUT2D eigenvalue weighted by atomic mass is 9.49. The number of allylic oxidation sites excluding steroid dienone is 2. The van der Waals surface area contributed by atoms with E-state index in [4.69, 9.17) is 4.43 Å². The van der Waals surface area contributed by atoms with Gasteiger partial charge in [-0.05, 0) is 25.7 Å². The van der Waals surface area contributed by atoms with E-state index in [-0.39, 0.29) is 6.42 Å². The zero-order chi connectivity index (χ0) is 16.5. The molecular weight excluding hydrogens is 280 g/mol. The summed E-state index contributed by atoms with van der Waals surface area (Å²) in [4.78, 5) is 0. The quantitative estimate of drug-likeness (QED) is 0.728. The topological polar surface area (TPSA) is 104 Å². The van der Waals surface area contributed by atoms with Crippen molar-refractivity contribution in [3.8, 4) is 24.3 Å². The molecule has 0 aromatic heterocycles. The molecule has 0 fully saturated rings. The van der Waals surface area contributed by atoms with Crippen LogP contribution in [0.3, 0.4) is 0 Å². The van der Waals surface area contributed by atoms with Gasteiger partial charge in [-0.2, -0.15) is 21.0 Å². The van der Waals surface area contributed by atoms with E-state index in [1.54, 1.807) is 19.9 Å². The summed E-state index contributed by atoms with van der Waals surface area (Å²) in [7, 11) is -1.94. The third-order valence-corrected chi connectivity index (χ3v) is 4.75. The van der Waals surface area contributed by atoms with Gasteiger partial charge in [0.05, 0.1) is 35.5 Å². The molecule has 0 unspecified atom stereocenters. The minimum atomic E-state index is -1.94.